The van der Waals surface area contributed by atoms with Crippen LogP contribution in [0, 0.1) is 6.92 Å². The average Bonchev–Trinajstić information content (AvgIpc) is 3.38. The molecule has 0 bridgehead atoms. The molecule has 7 nitrogen and oxygen atoms in total. The summed E-state index contributed by atoms with van der Waals surface area (Å²) in [6.07, 6.45) is 8.22. The fraction of sp³-hybridized carbons (Fsp3) is 0.619. The number of hydrogen-bond acceptors (Lipinski definition) is 6. The zero-order valence-electron chi connectivity index (χ0n) is 17.4. The number of amides is 1. The standard InChI is InChI=1S/C21H29N5O2S/c1-14-12-22-20(29-14)16-11-21(2,3)26-19(24-16)15(13-23-26)17(27)7-4-5-9-25-10-6-8-18(25)28/h12-13,16,24H,4-11H2,1-3H3. The number of anilines is 1. The summed E-state index contributed by atoms with van der Waals surface area (Å²) in [5.41, 5.74) is 0.465. The smallest absolute Gasteiger partial charge is 0.222 e. The molecule has 0 aliphatic carbocycles. The number of carbonyl (C=O) groups excluding carboxylic acids is 2. The second kappa shape index (κ2) is 7.89. The lowest BCUT2D eigenvalue weighted by Crippen LogP contribution is -2.38. The number of Topliss-reactive ketones (excluding diaryl/α,β-unsaturated/α-hetero) is 1. The number of aryl methyl sites for hydroxylation is 1. The summed E-state index contributed by atoms with van der Waals surface area (Å²) in [7, 11) is 0. The van der Waals surface area contributed by atoms with E-state index in [1.807, 2.05) is 15.8 Å². The first-order valence-electron chi connectivity index (χ1n) is 10.4. The summed E-state index contributed by atoms with van der Waals surface area (Å²) in [6.45, 7) is 7.98. The SMILES string of the molecule is Cc1cnc(C2CC(C)(C)n3ncc(C(=O)CCCCN4CCCC4=O)c3N2)s1. The second-order valence-corrected chi connectivity index (χ2v) is 9.97. The van der Waals surface area contributed by atoms with E-state index in [9.17, 15) is 9.59 Å². The zero-order chi connectivity index (χ0) is 20.6. The van der Waals surface area contributed by atoms with E-state index in [-0.39, 0.29) is 23.3 Å². The minimum Gasteiger partial charge on any atom is -0.360 e. The lowest BCUT2D eigenvalue weighted by molar-refractivity contribution is -0.127. The molecule has 2 aliphatic rings. The normalized spacial score (nSPS) is 20.6. The summed E-state index contributed by atoms with van der Waals surface area (Å²) < 4.78 is 1.94. The van der Waals surface area contributed by atoms with Gasteiger partial charge in [0, 0.05) is 37.0 Å². The number of carbonyl (C=O) groups is 2. The van der Waals surface area contributed by atoms with Gasteiger partial charge in [-0.1, -0.05) is 0 Å². The Morgan fingerprint density at radius 3 is 2.86 bits per heavy atom. The second-order valence-electron chi connectivity index (χ2n) is 8.71. The molecule has 2 aromatic heterocycles. The Balaban J connectivity index is 1.42. The van der Waals surface area contributed by atoms with Crippen molar-refractivity contribution in [3.05, 3.63) is 27.8 Å². The van der Waals surface area contributed by atoms with Gasteiger partial charge in [0.15, 0.2) is 5.78 Å². The fourth-order valence-electron chi connectivity index (χ4n) is 4.30. The molecule has 0 aromatic carbocycles. The number of nitrogens with one attached hydrogen (secondary N) is 1. The summed E-state index contributed by atoms with van der Waals surface area (Å²) in [5, 5.41) is 9.11. The Morgan fingerprint density at radius 1 is 1.34 bits per heavy atom. The van der Waals surface area contributed by atoms with Crippen LogP contribution in [-0.4, -0.2) is 44.4 Å². The van der Waals surface area contributed by atoms with E-state index in [0.29, 0.717) is 18.4 Å². The predicted molar refractivity (Wildman–Crippen MR) is 113 cm³/mol. The molecule has 29 heavy (non-hydrogen) atoms. The van der Waals surface area contributed by atoms with E-state index in [1.54, 1.807) is 17.5 Å². The highest BCUT2D eigenvalue weighted by Crippen LogP contribution is 2.41. The molecule has 1 fully saturated rings. The first-order valence-corrected chi connectivity index (χ1v) is 11.2. The number of thiazole rings is 1. The number of aromatic nitrogens is 3. The molecule has 1 N–H and O–H groups in total. The van der Waals surface area contributed by atoms with E-state index in [0.717, 1.165) is 49.6 Å². The number of ketones is 1. The van der Waals surface area contributed by atoms with Gasteiger partial charge in [-0.3, -0.25) is 9.59 Å². The van der Waals surface area contributed by atoms with Crippen LogP contribution in [0.4, 0.5) is 5.82 Å². The maximum Gasteiger partial charge on any atom is 0.222 e. The van der Waals surface area contributed by atoms with Gasteiger partial charge in [0.1, 0.15) is 10.8 Å². The first kappa shape index (κ1) is 20.1. The monoisotopic (exact) mass is 415 g/mol. The highest BCUT2D eigenvalue weighted by molar-refractivity contribution is 7.11. The van der Waals surface area contributed by atoms with Crippen molar-refractivity contribution in [1.82, 2.24) is 19.7 Å². The van der Waals surface area contributed by atoms with Crippen LogP contribution in [-0.2, 0) is 10.3 Å². The number of rotatable bonds is 7. The van der Waals surface area contributed by atoms with Gasteiger partial charge in [0.25, 0.3) is 0 Å². The van der Waals surface area contributed by atoms with Crippen LogP contribution < -0.4 is 5.32 Å². The number of likely N-dealkylation sites (tertiary alicyclic amines) is 1. The highest BCUT2D eigenvalue weighted by Gasteiger charge is 2.37. The molecule has 2 aliphatic heterocycles. The zero-order valence-corrected chi connectivity index (χ0v) is 18.2. The summed E-state index contributed by atoms with van der Waals surface area (Å²) in [6, 6.07) is 0.0839. The first-order chi connectivity index (χ1) is 13.8. The van der Waals surface area contributed by atoms with Crippen molar-refractivity contribution in [2.45, 2.75) is 70.9 Å². The minimum absolute atomic E-state index is 0.0839. The van der Waals surface area contributed by atoms with Crippen molar-refractivity contribution >= 4 is 28.8 Å². The van der Waals surface area contributed by atoms with E-state index in [4.69, 9.17) is 0 Å². The van der Waals surface area contributed by atoms with E-state index in [1.165, 1.54) is 4.88 Å². The number of unbranched alkanes of at least 4 members (excludes halogenated alkanes) is 1. The molecule has 4 rings (SSSR count). The molecule has 1 unspecified atom stereocenters. The molecule has 4 heterocycles. The largest absolute Gasteiger partial charge is 0.360 e. The molecule has 1 saturated heterocycles. The maximum atomic E-state index is 12.9. The van der Waals surface area contributed by atoms with Gasteiger partial charge in [0.05, 0.1) is 23.3 Å². The van der Waals surface area contributed by atoms with Crippen LogP contribution in [0.25, 0.3) is 0 Å². The third kappa shape index (κ3) is 4.08. The molecular weight excluding hydrogens is 386 g/mol. The number of hydrogen-bond donors (Lipinski definition) is 1. The lowest BCUT2D eigenvalue weighted by atomic mass is 9.92. The third-order valence-electron chi connectivity index (χ3n) is 5.85. The van der Waals surface area contributed by atoms with Crippen LogP contribution in [0.3, 0.4) is 0 Å². The Morgan fingerprint density at radius 2 is 2.17 bits per heavy atom. The van der Waals surface area contributed by atoms with Gasteiger partial charge < -0.3 is 10.2 Å². The van der Waals surface area contributed by atoms with Crippen molar-refractivity contribution in [2.24, 2.45) is 0 Å². The van der Waals surface area contributed by atoms with Crippen LogP contribution >= 0.6 is 11.3 Å². The topological polar surface area (TPSA) is 80.1 Å². The van der Waals surface area contributed by atoms with Crippen LogP contribution in [0.2, 0.25) is 0 Å². The van der Waals surface area contributed by atoms with Crippen molar-refractivity contribution in [3.8, 4) is 0 Å². The van der Waals surface area contributed by atoms with Gasteiger partial charge in [-0.2, -0.15) is 5.10 Å². The molecule has 0 radical (unpaired) electrons. The Kier molecular flexibility index (Phi) is 5.46. The maximum absolute atomic E-state index is 12.9. The lowest BCUT2D eigenvalue weighted by Gasteiger charge is -2.37. The highest BCUT2D eigenvalue weighted by atomic mass is 32.1. The summed E-state index contributed by atoms with van der Waals surface area (Å²) in [5.74, 6) is 1.16. The molecule has 8 heteroatoms. The summed E-state index contributed by atoms with van der Waals surface area (Å²) >= 11 is 1.70. The third-order valence-corrected chi connectivity index (χ3v) is 6.87. The summed E-state index contributed by atoms with van der Waals surface area (Å²) in [4.78, 5) is 32.3. The van der Waals surface area contributed by atoms with E-state index < -0.39 is 0 Å². The molecular formula is C21H29N5O2S. The molecule has 156 valence electrons. The van der Waals surface area contributed by atoms with Crippen LogP contribution in [0.5, 0.6) is 0 Å². The quantitative estimate of drug-likeness (QED) is 0.548. The van der Waals surface area contributed by atoms with Crippen molar-refractivity contribution < 1.29 is 9.59 Å². The van der Waals surface area contributed by atoms with E-state index >= 15 is 0 Å². The van der Waals surface area contributed by atoms with Gasteiger partial charge >= 0.3 is 0 Å². The van der Waals surface area contributed by atoms with Gasteiger partial charge in [-0.05, 0) is 46.5 Å². The molecule has 1 amide bonds. The predicted octanol–water partition coefficient (Wildman–Crippen LogP) is 3.92. The molecule has 2 aromatic rings. The Labute approximate surface area is 175 Å². The number of nitrogens with zero attached hydrogens (tertiary/aromatic N) is 4. The fourth-order valence-corrected chi connectivity index (χ4v) is 5.12. The van der Waals surface area contributed by atoms with Gasteiger partial charge in [0.2, 0.25) is 5.91 Å². The number of fused-ring (bicyclic) bond motifs is 1. The van der Waals surface area contributed by atoms with Gasteiger partial charge in [-0.25, -0.2) is 9.67 Å². The average molecular weight is 416 g/mol. The molecule has 0 saturated carbocycles. The van der Waals surface area contributed by atoms with E-state index in [2.05, 4.69) is 36.2 Å². The molecule has 0 spiro atoms. The van der Waals surface area contributed by atoms with Gasteiger partial charge in [-0.15, -0.1) is 11.3 Å². The minimum atomic E-state index is -0.195. The Hall–Kier alpha value is -2.22. The Bertz CT molecular complexity index is 916. The van der Waals surface area contributed by atoms with Crippen molar-refractivity contribution in [2.75, 3.05) is 18.4 Å². The molecule has 1 atom stereocenters. The van der Waals surface area contributed by atoms with Crippen LogP contribution in [0.1, 0.15) is 78.7 Å². The van der Waals surface area contributed by atoms with Crippen molar-refractivity contribution in [3.63, 3.8) is 0 Å². The van der Waals surface area contributed by atoms with Crippen molar-refractivity contribution in [1.29, 1.82) is 0 Å². The van der Waals surface area contributed by atoms with Crippen LogP contribution in [0.15, 0.2) is 12.4 Å².